The predicted octanol–water partition coefficient (Wildman–Crippen LogP) is 4.27. The molecule has 0 aliphatic carbocycles. The molecule has 36 heavy (non-hydrogen) atoms. The van der Waals surface area contributed by atoms with Gasteiger partial charge in [-0.1, -0.05) is 79.2 Å². The molecule has 0 spiro atoms. The first-order valence-corrected chi connectivity index (χ1v) is 13.3. The van der Waals surface area contributed by atoms with Crippen LogP contribution in [0.2, 0.25) is 0 Å². The highest BCUT2D eigenvalue weighted by Crippen LogP contribution is 2.26. The third-order valence-electron chi connectivity index (χ3n) is 5.37. The number of hydrogen-bond acceptors (Lipinski definition) is 9. The van der Waals surface area contributed by atoms with Crippen molar-refractivity contribution in [3.8, 4) is 11.4 Å². The van der Waals surface area contributed by atoms with Gasteiger partial charge in [-0.3, -0.25) is 10.1 Å². The topological polar surface area (TPSA) is 131 Å². The second-order valence-corrected chi connectivity index (χ2v) is 12.5. The highest BCUT2D eigenvalue weighted by Gasteiger charge is 2.28. The zero-order chi connectivity index (χ0) is 26.1. The standard InChI is InChI=1S/C24H26N6O4S2/c1-15-7-6-8-17(13-15)21(31)26-22-27-28-23(35-22)36(32,33)30(5)14-19-25-20(29-34-19)16-9-11-18(12-10-16)24(2,3)4/h6-13H,14H2,1-5H3,(H,26,27,31). The summed E-state index contributed by atoms with van der Waals surface area (Å²) in [5.41, 5.74) is 3.32. The molecule has 0 aliphatic rings. The molecule has 4 rings (SSSR count). The van der Waals surface area contributed by atoms with Crippen molar-refractivity contribution in [2.45, 2.75) is 44.0 Å². The number of carbonyl (C=O) groups is 1. The summed E-state index contributed by atoms with van der Waals surface area (Å²) in [6.07, 6.45) is 0. The van der Waals surface area contributed by atoms with Crippen LogP contribution in [0, 0.1) is 6.92 Å². The van der Waals surface area contributed by atoms with Gasteiger partial charge in [0.25, 0.3) is 15.9 Å². The summed E-state index contributed by atoms with van der Waals surface area (Å²) in [4.78, 5) is 16.8. The minimum absolute atomic E-state index is 0.0198. The van der Waals surface area contributed by atoms with Gasteiger partial charge in [0.05, 0.1) is 6.54 Å². The number of nitrogens with one attached hydrogen (secondary N) is 1. The molecule has 0 saturated carbocycles. The molecular formula is C24H26N6O4S2. The van der Waals surface area contributed by atoms with Gasteiger partial charge in [0.15, 0.2) is 0 Å². The van der Waals surface area contributed by atoms with Crippen molar-refractivity contribution >= 4 is 32.4 Å². The molecule has 0 unspecified atom stereocenters. The molecule has 1 N–H and O–H groups in total. The number of rotatable bonds is 7. The van der Waals surface area contributed by atoms with Crippen molar-refractivity contribution in [3.63, 3.8) is 0 Å². The van der Waals surface area contributed by atoms with Crippen LogP contribution in [0.15, 0.2) is 57.4 Å². The van der Waals surface area contributed by atoms with Gasteiger partial charge in [-0.05, 0) is 30.0 Å². The van der Waals surface area contributed by atoms with E-state index in [0.717, 1.165) is 26.8 Å². The molecule has 188 valence electrons. The summed E-state index contributed by atoms with van der Waals surface area (Å²) in [6.45, 7) is 8.11. The van der Waals surface area contributed by atoms with Gasteiger partial charge in [0.2, 0.25) is 21.2 Å². The molecular weight excluding hydrogens is 500 g/mol. The first-order chi connectivity index (χ1) is 16.9. The minimum atomic E-state index is -4.00. The summed E-state index contributed by atoms with van der Waals surface area (Å²) < 4.78 is 32.0. The Morgan fingerprint density at radius 2 is 1.83 bits per heavy atom. The van der Waals surface area contributed by atoms with Gasteiger partial charge in [-0.25, -0.2) is 8.42 Å². The van der Waals surface area contributed by atoms with Crippen LogP contribution < -0.4 is 5.32 Å². The maximum absolute atomic E-state index is 13.0. The van der Waals surface area contributed by atoms with Gasteiger partial charge < -0.3 is 4.52 Å². The molecule has 0 radical (unpaired) electrons. The van der Waals surface area contributed by atoms with Crippen LogP contribution in [0.3, 0.4) is 0 Å². The van der Waals surface area contributed by atoms with E-state index in [1.165, 1.54) is 12.6 Å². The molecule has 1 amide bonds. The quantitative estimate of drug-likeness (QED) is 0.353. The van der Waals surface area contributed by atoms with E-state index in [-0.39, 0.29) is 27.3 Å². The van der Waals surface area contributed by atoms with E-state index in [9.17, 15) is 13.2 Å². The van der Waals surface area contributed by atoms with E-state index < -0.39 is 15.9 Å². The Balaban J connectivity index is 1.43. The Hall–Kier alpha value is -3.48. The van der Waals surface area contributed by atoms with Crippen LogP contribution in [0.4, 0.5) is 5.13 Å². The first kappa shape index (κ1) is 25.6. The summed E-state index contributed by atoms with van der Waals surface area (Å²) in [5.74, 6) is 0.0999. The van der Waals surface area contributed by atoms with Crippen LogP contribution >= 0.6 is 11.3 Å². The Labute approximate surface area is 213 Å². The summed E-state index contributed by atoms with van der Waals surface area (Å²) >= 11 is 0.761. The number of anilines is 1. The first-order valence-electron chi connectivity index (χ1n) is 11.0. The molecule has 0 aliphatic heterocycles. The van der Waals surface area contributed by atoms with Gasteiger partial charge in [-0.2, -0.15) is 9.29 Å². The zero-order valence-corrected chi connectivity index (χ0v) is 22.1. The highest BCUT2D eigenvalue weighted by atomic mass is 32.2. The van der Waals surface area contributed by atoms with Crippen LogP contribution in [0.5, 0.6) is 0 Å². The van der Waals surface area contributed by atoms with Crippen LogP contribution in [0.25, 0.3) is 11.4 Å². The third-order valence-corrected chi connectivity index (χ3v) is 8.36. The molecule has 10 nitrogen and oxygen atoms in total. The number of carbonyl (C=O) groups excluding carboxylic acids is 1. The summed E-state index contributed by atoms with van der Waals surface area (Å²) in [6, 6.07) is 14.8. The van der Waals surface area contributed by atoms with Gasteiger partial charge >= 0.3 is 0 Å². The van der Waals surface area contributed by atoms with E-state index in [0.29, 0.717) is 11.4 Å². The van der Waals surface area contributed by atoms with E-state index >= 15 is 0 Å². The van der Waals surface area contributed by atoms with Crippen LogP contribution in [-0.4, -0.2) is 46.0 Å². The fraction of sp³-hybridized carbons (Fsp3) is 0.292. The second kappa shape index (κ2) is 9.88. The van der Waals surface area contributed by atoms with E-state index in [1.54, 1.807) is 18.2 Å². The molecule has 12 heteroatoms. The lowest BCUT2D eigenvalue weighted by molar-refractivity contribution is 0.102. The van der Waals surface area contributed by atoms with E-state index in [1.807, 2.05) is 37.3 Å². The smallest absolute Gasteiger partial charge is 0.272 e. The number of aryl methyl sites for hydroxylation is 1. The van der Waals surface area contributed by atoms with Crippen LogP contribution in [-0.2, 0) is 22.0 Å². The van der Waals surface area contributed by atoms with E-state index in [2.05, 4.69) is 46.4 Å². The Morgan fingerprint density at radius 1 is 1.11 bits per heavy atom. The lowest BCUT2D eigenvalue weighted by Gasteiger charge is -2.18. The lowest BCUT2D eigenvalue weighted by atomic mass is 9.87. The molecule has 0 atom stereocenters. The fourth-order valence-corrected chi connectivity index (χ4v) is 5.49. The average molecular weight is 527 g/mol. The molecule has 2 aromatic heterocycles. The predicted molar refractivity (Wildman–Crippen MR) is 136 cm³/mol. The molecule has 2 heterocycles. The average Bonchev–Trinajstić information content (AvgIpc) is 3.49. The molecule has 0 saturated heterocycles. The highest BCUT2D eigenvalue weighted by molar-refractivity contribution is 7.91. The monoisotopic (exact) mass is 526 g/mol. The maximum atomic E-state index is 13.0. The van der Waals surface area contributed by atoms with Gasteiger partial charge in [-0.15, -0.1) is 10.2 Å². The normalized spacial score (nSPS) is 12.2. The van der Waals surface area contributed by atoms with Crippen molar-refractivity contribution < 1.29 is 17.7 Å². The van der Waals surface area contributed by atoms with Gasteiger partial charge in [0.1, 0.15) is 0 Å². The molecule has 4 aromatic rings. The Morgan fingerprint density at radius 3 is 2.50 bits per heavy atom. The largest absolute Gasteiger partial charge is 0.338 e. The van der Waals surface area contributed by atoms with Crippen molar-refractivity contribution in [2.75, 3.05) is 12.4 Å². The molecule has 0 bridgehead atoms. The number of sulfonamides is 1. The number of benzene rings is 2. The SMILES string of the molecule is Cc1cccc(C(=O)Nc2nnc(S(=O)(=O)N(C)Cc3nc(-c4ccc(C(C)(C)C)cc4)no3)s2)c1. The third kappa shape index (κ3) is 5.66. The van der Waals surface area contributed by atoms with Crippen LogP contribution in [0.1, 0.15) is 48.1 Å². The summed E-state index contributed by atoms with van der Waals surface area (Å²) in [7, 11) is -2.62. The molecule has 2 aromatic carbocycles. The Kier molecular flexibility index (Phi) is 7.03. The van der Waals surface area contributed by atoms with Crippen molar-refractivity contribution in [3.05, 3.63) is 71.1 Å². The number of hydrogen-bond donors (Lipinski definition) is 1. The number of aromatic nitrogens is 4. The maximum Gasteiger partial charge on any atom is 0.272 e. The second-order valence-electron chi connectivity index (χ2n) is 9.30. The minimum Gasteiger partial charge on any atom is -0.338 e. The van der Waals surface area contributed by atoms with E-state index in [4.69, 9.17) is 4.52 Å². The lowest BCUT2D eigenvalue weighted by Crippen LogP contribution is -2.26. The summed E-state index contributed by atoms with van der Waals surface area (Å²) in [5, 5.41) is 14.2. The van der Waals surface area contributed by atoms with Gasteiger partial charge in [0, 0.05) is 18.2 Å². The van der Waals surface area contributed by atoms with Crippen molar-refractivity contribution in [1.82, 2.24) is 24.6 Å². The van der Waals surface area contributed by atoms with Crippen molar-refractivity contribution in [1.29, 1.82) is 0 Å². The van der Waals surface area contributed by atoms with Crippen molar-refractivity contribution in [2.24, 2.45) is 0 Å². The fourth-order valence-electron chi connectivity index (χ4n) is 3.28. The molecule has 0 fully saturated rings. The zero-order valence-electron chi connectivity index (χ0n) is 20.5. The Bertz CT molecular complexity index is 1490. The number of amides is 1. The number of nitrogens with zero attached hydrogens (tertiary/aromatic N) is 5.